The Morgan fingerprint density at radius 1 is 1.17 bits per heavy atom. The van der Waals surface area contributed by atoms with Gasteiger partial charge in [0.2, 0.25) is 0 Å². The van der Waals surface area contributed by atoms with Gasteiger partial charge in [-0.1, -0.05) is 43.5 Å². The van der Waals surface area contributed by atoms with E-state index in [4.69, 9.17) is 4.74 Å². The van der Waals surface area contributed by atoms with Gasteiger partial charge < -0.3 is 20.1 Å². The molecule has 0 saturated heterocycles. The number of hydrogen-bond acceptors (Lipinski definition) is 5. The highest BCUT2D eigenvalue weighted by atomic mass is 16.5. The Morgan fingerprint density at radius 2 is 2.00 bits per heavy atom. The van der Waals surface area contributed by atoms with E-state index in [9.17, 15) is 5.11 Å². The minimum atomic E-state index is -0.478. The highest BCUT2D eigenvalue weighted by Gasteiger charge is 2.20. The van der Waals surface area contributed by atoms with Crippen LogP contribution >= 0.6 is 0 Å². The molecule has 1 fully saturated rings. The fraction of sp³-hybridized carbons (Fsp3) is 0.542. The molecule has 0 aliphatic heterocycles. The number of likely N-dealkylation sites (N-methyl/N-ethyl adjacent to an activating group) is 1. The average molecular weight is 398 g/mol. The molecule has 158 valence electrons. The Labute approximate surface area is 175 Å². The summed E-state index contributed by atoms with van der Waals surface area (Å²) in [5.41, 5.74) is 2.35. The summed E-state index contributed by atoms with van der Waals surface area (Å²) >= 11 is 0. The first kappa shape index (κ1) is 21.8. The van der Waals surface area contributed by atoms with Crippen molar-refractivity contribution >= 4 is 0 Å². The van der Waals surface area contributed by atoms with Gasteiger partial charge in [0.05, 0.1) is 0 Å². The second-order valence-electron chi connectivity index (χ2n) is 8.09. The number of rotatable bonds is 11. The predicted molar refractivity (Wildman–Crippen MR) is 117 cm³/mol. The van der Waals surface area contributed by atoms with E-state index in [0.29, 0.717) is 19.2 Å². The number of para-hydroxylation sites is 1. The first-order valence-electron chi connectivity index (χ1n) is 10.9. The molecule has 0 amide bonds. The first-order valence-corrected chi connectivity index (χ1v) is 10.9. The topological polar surface area (TPSA) is 57.6 Å². The number of nitrogens with one attached hydrogen (secondary N) is 1. The highest BCUT2D eigenvalue weighted by molar-refractivity contribution is 5.33. The van der Waals surface area contributed by atoms with Crippen molar-refractivity contribution in [3.05, 3.63) is 59.9 Å². The van der Waals surface area contributed by atoms with E-state index in [1.54, 1.807) is 6.20 Å². The third-order valence-electron chi connectivity index (χ3n) is 5.73. The number of aliphatic hydroxyl groups excluding tert-OH is 1. The van der Waals surface area contributed by atoms with Gasteiger partial charge in [0.15, 0.2) is 0 Å². The van der Waals surface area contributed by atoms with E-state index in [-0.39, 0.29) is 0 Å². The molecule has 5 nitrogen and oxygen atoms in total. The molecule has 1 aliphatic carbocycles. The fourth-order valence-electron chi connectivity index (χ4n) is 4.03. The lowest BCUT2D eigenvalue weighted by Gasteiger charge is -2.32. The van der Waals surface area contributed by atoms with Crippen LogP contribution in [0.2, 0.25) is 0 Å². The Balaban J connectivity index is 1.41. The van der Waals surface area contributed by atoms with Crippen LogP contribution < -0.4 is 10.1 Å². The maximum absolute atomic E-state index is 10.5. The number of pyridine rings is 1. The van der Waals surface area contributed by atoms with E-state index < -0.39 is 6.10 Å². The van der Waals surface area contributed by atoms with Crippen molar-refractivity contribution in [2.75, 3.05) is 26.7 Å². The van der Waals surface area contributed by atoms with Crippen LogP contribution in [-0.2, 0) is 13.0 Å². The summed E-state index contributed by atoms with van der Waals surface area (Å²) in [6.07, 6.45) is 10.6. The molecule has 5 heteroatoms. The van der Waals surface area contributed by atoms with Crippen molar-refractivity contribution in [2.45, 2.75) is 57.2 Å². The Morgan fingerprint density at radius 3 is 2.79 bits per heavy atom. The largest absolute Gasteiger partial charge is 0.491 e. The summed E-state index contributed by atoms with van der Waals surface area (Å²) in [6.45, 7) is 2.61. The molecule has 1 aliphatic rings. The molecular weight excluding hydrogens is 362 g/mol. The summed E-state index contributed by atoms with van der Waals surface area (Å²) in [7, 11) is 2.12. The van der Waals surface area contributed by atoms with Crippen molar-refractivity contribution in [2.24, 2.45) is 0 Å². The van der Waals surface area contributed by atoms with Crippen molar-refractivity contribution in [1.29, 1.82) is 0 Å². The van der Waals surface area contributed by atoms with E-state index >= 15 is 0 Å². The van der Waals surface area contributed by atoms with Crippen LogP contribution in [0.1, 0.15) is 43.2 Å². The van der Waals surface area contributed by atoms with Gasteiger partial charge in [-0.15, -0.1) is 0 Å². The van der Waals surface area contributed by atoms with Gasteiger partial charge in [0, 0.05) is 37.1 Å². The van der Waals surface area contributed by atoms with Gasteiger partial charge in [-0.25, -0.2) is 0 Å². The van der Waals surface area contributed by atoms with Crippen molar-refractivity contribution in [3.8, 4) is 5.75 Å². The summed E-state index contributed by atoms with van der Waals surface area (Å²) < 4.78 is 5.98. The Hall–Kier alpha value is -1.95. The molecule has 0 unspecified atom stereocenters. The van der Waals surface area contributed by atoms with E-state index in [2.05, 4.69) is 34.4 Å². The Kier molecular flexibility index (Phi) is 8.93. The van der Waals surface area contributed by atoms with Crippen LogP contribution in [0.15, 0.2) is 48.8 Å². The molecular formula is C24H35N3O2. The molecule has 0 bridgehead atoms. The average Bonchev–Trinajstić information content (AvgIpc) is 2.77. The monoisotopic (exact) mass is 397 g/mol. The van der Waals surface area contributed by atoms with Crippen LogP contribution in [0.4, 0.5) is 0 Å². The zero-order valence-electron chi connectivity index (χ0n) is 17.6. The molecule has 1 aromatic carbocycles. The molecule has 2 N–H and O–H groups in total. The number of aromatic nitrogens is 1. The molecule has 29 heavy (non-hydrogen) atoms. The first-order chi connectivity index (χ1) is 14.2. The number of nitrogens with zero attached hydrogens (tertiary/aromatic N) is 2. The van der Waals surface area contributed by atoms with Gasteiger partial charge >= 0.3 is 0 Å². The molecule has 1 saturated carbocycles. The number of ether oxygens (including phenoxy) is 1. The van der Waals surface area contributed by atoms with Gasteiger partial charge in [-0.3, -0.25) is 4.98 Å². The van der Waals surface area contributed by atoms with Crippen molar-refractivity contribution < 1.29 is 9.84 Å². The quantitative estimate of drug-likeness (QED) is 0.569. The maximum atomic E-state index is 10.5. The van der Waals surface area contributed by atoms with Gasteiger partial charge in [0.25, 0.3) is 0 Å². The van der Waals surface area contributed by atoms with Gasteiger partial charge in [-0.05, 0) is 50.6 Å². The zero-order chi connectivity index (χ0) is 20.3. The van der Waals surface area contributed by atoms with Crippen LogP contribution in [0.5, 0.6) is 5.75 Å². The van der Waals surface area contributed by atoms with E-state index in [1.807, 2.05) is 30.5 Å². The van der Waals surface area contributed by atoms with Crippen LogP contribution in [-0.4, -0.2) is 53.9 Å². The Bertz CT molecular complexity index is 704. The van der Waals surface area contributed by atoms with Gasteiger partial charge in [-0.2, -0.15) is 0 Å². The lowest BCUT2D eigenvalue weighted by atomic mass is 9.94. The molecule has 1 aromatic heterocycles. The number of aliphatic hydroxyl groups is 1. The predicted octanol–water partition coefficient (Wildman–Crippen LogP) is 3.42. The molecule has 0 spiro atoms. The standard InChI is InChI=1S/C24H35N3O2/c1-27(22-10-3-2-4-11-22)18-23(28)19-29-24-12-6-5-9-21(24)17-26-15-13-20-8-7-14-25-16-20/h5-9,12,14,16,22-23,26,28H,2-4,10-11,13,15,17-19H2,1H3/t23-/m0/s1. The zero-order valence-corrected chi connectivity index (χ0v) is 17.6. The minimum Gasteiger partial charge on any atom is -0.491 e. The summed E-state index contributed by atoms with van der Waals surface area (Å²) in [4.78, 5) is 6.46. The molecule has 2 aromatic rings. The third kappa shape index (κ3) is 7.42. The smallest absolute Gasteiger partial charge is 0.123 e. The molecule has 1 heterocycles. The lowest BCUT2D eigenvalue weighted by Crippen LogP contribution is -2.40. The van der Waals surface area contributed by atoms with E-state index in [0.717, 1.165) is 30.8 Å². The SMILES string of the molecule is CN(C[C@H](O)COc1ccccc1CNCCc1cccnc1)C1CCCCC1. The third-order valence-corrected chi connectivity index (χ3v) is 5.73. The van der Waals surface area contributed by atoms with Gasteiger partial charge in [0.1, 0.15) is 18.5 Å². The summed E-state index contributed by atoms with van der Waals surface area (Å²) in [5, 5.41) is 13.9. The minimum absolute atomic E-state index is 0.323. The molecule has 1 atom stereocenters. The summed E-state index contributed by atoms with van der Waals surface area (Å²) in [5.74, 6) is 0.848. The summed E-state index contributed by atoms with van der Waals surface area (Å²) in [6, 6.07) is 12.7. The second kappa shape index (κ2) is 11.9. The second-order valence-corrected chi connectivity index (χ2v) is 8.09. The van der Waals surface area contributed by atoms with Crippen LogP contribution in [0, 0.1) is 0 Å². The van der Waals surface area contributed by atoms with E-state index in [1.165, 1.54) is 37.7 Å². The lowest BCUT2D eigenvalue weighted by molar-refractivity contribution is 0.0558. The number of hydrogen-bond donors (Lipinski definition) is 2. The fourth-order valence-corrected chi connectivity index (χ4v) is 4.03. The van der Waals surface area contributed by atoms with Crippen molar-refractivity contribution in [3.63, 3.8) is 0 Å². The van der Waals surface area contributed by atoms with Crippen molar-refractivity contribution in [1.82, 2.24) is 15.2 Å². The van der Waals surface area contributed by atoms with Crippen LogP contribution in [0.3, 0.4) is 0 Å². The highest BCUT2D eigenvalue weighted by Crippen LogP contribution is 2.22. The normalized spacial score (nSPS) is 16.1. The number of benzene rings is 1. The maximum Gasteiger partial charge on any atom is 0.123 e. The molecule has 3 rings (SSSR count). The molecule has 0 radical (unpaired) electrons. The van der Waals surface area contributed by atoms with Crippen LogP contribution in [0.25, 0.3) is 0 Å².